The van der Waals surface area contributed by atoms with Crippen molar-refractivity contribution in [2.45, 2.75) is 65.4 Å². The molecule has 0 amide bonds. The first-order chi connectivity index (χ1) is 19.1. The number of rotatable bonds is 11. The van der Waals surface area contributed by atoms with E-state index >= 15 is 4.39 Å². The van der Waals surface area contributed by atoms with Crippen LogP contribution in [0.3, 0.4) is 0 Å². The van der Waals surface area contributed by atoms with Crippen LogP contribution in [-0.4, -0.2) is 26.9 Å². The van der Waals surface area contributed by atoms with Crippen molar-refractivity contribution in [1.29, 1.82) is 0 Å². The molecule has 0 bridgehead atoms. The van der Waals surface area contributed by atoms with E-state index in [1.165, 1.54) is 6.20 Å². The zero-order chi connectivity index (χ0) is 28.9. The van der Waals surface area contributed by atoms with Crippen LogP contribution in [0.2, 0.25) is 0 Å². The number of fused-ring (bicyclic) bond motifs is 1. The molecule has 40 heavy (non-hydrogen) atoms. The first kappa shape index (κ1) is 29.6. The summed E-state index contributed by atoms with van der Waals surface area (Å²) in [6.45, 7) is 9.89. The average Bonchev–Trinajstić information content (AvgIpc) is 3.40. The van der Waals surface area contributed by atoms with Crippen LogP contribution < -0.4 is 9.46 Å². The molecule has 7 nitrogen and oxygen atoms in total. The van der Waals surface area contributed by atoms with Gasteiger partial charge in [0.05, 0.1) is 31.5 Å². The Bertz CT molecular complexity index is 1480. The summed E-state index contributed by atoms with van der Waals surface area (Å²) in [5.41, 5.74) is 4.22. The number of furan rings is 1. The van der Waals surface area contributed by atoms with Gasteiger partial charge in [-0.25, -0.2) is 4.39 Å². The fraction of sp³-hybridized carbons (Fsp3) is 0.355. The lowest BCUT2D eigenvalue weighted by Gasteiger charge is -2.23. The molecule has 212 valence electrons. The quantitative estimate of drug-likeness (QED) is 0.165. The first-order valence-corrected chi connectivity index (χ1v) is 14.4. The Balaban J connectivity index is 1.63. The maximum atomic E-state index is 15.7. The molecule has 2 heterocycles. The smallest absolute Gasteiger partial charge is 0.310 e. The number of halogens is 1. The maximum Gasteiger partial charge on any atom is 0.310 e. The van der Waals surface area contributed by atoms with Gasteiger partial charge in [0, 0.05) is 39.6 Å². The molecule has 9 heteroatoms. The predicted octanol–water partition coefficient (Wildman–Crippen LogP) is 6.43. The molecule has 0 aliphatic rings. The Kier molecular flexibility index (Phi) is 9.50. The largest absolute Gasteiger partial charge is 0.598 e. The SMILES string of the molecule is CCOC(=O)Cc1ccc(CC)cc1OCc1cc(-c2ccnc(CN[S@@+]([O-])C(C)(C)C)c2F)c2occc2c1. The number of aromatic nitrogens is 1. The van der Waals surface area contributed by atoms with Gasteiger partial charge in [-0.05, 0) is 75.6 Å². The standard InChI is InChI=1S/C31H35FN2O5S/c1-6-20-8-9-22(17-28(35)37-7-2)27(16-20)39-19-21-14-23-11-13-38-30(23)25(15-21)24-10-12-33-26(29(24)32)18-34-40(36)31(3,4)5/h8-16,34H,6-7,17-19H2,1-5H3/t40-/m0/s1. The van der Waals surface area contributed by atoms with Crippen molar-refractivity contribution in [2.24, 2.45) is 0 Å². The second-order valence-corrected chi connectivity index (χ2v) is 12.4. The predicted molar refractivity (Wildman–Crippen MR) is 155 cm³/mol. The van der Waals surface area contributed by atoms with Gasteiger partial charge < -0.3 is 18.4 Å². The second-order valence-electron chi connectivity index (χ2n) is 10.4. The van der Waals surface area contributed by atoms with Crippen LogP contribution >= 0.6 is 0 Å². The molecule has 2 aromatic carbocycles. The molecule has 1 N–H and O–H groups in total. The van der Waals surface area contributed by atoms with Crippen molar-refractivity contribution < 1.29 is 27.6 Å². The van der Waals surface area contributed by atoms with E-state index in [0.717, 1.165) is 28.5 Å². The van der Waals surface area contributed by atoms with E-state index in [0.29, 0.717) is 29.1 Å². The Morgan fingerprint density at radius 2 is 1.90 bits per heavy atom. The third kappa shape index (κ3) is 7.02. The molecule has 0 aliphatic carbocycles. The van der Waals surface area contributed by atoms with Crippen LogP contribution in [0.5, 0.6) is 5.75 Å². The minimum absolute atomic E-state index is 0.0185. The van der Waals surface area contributed by atoms with Gasteiger partial charge in [0.2, 0.25) is 0 Å². The van der Waals surface area contributed by atoms with Crippen LogP contribution in [0.15, 0.2) is 59.3 Å². The van der Waals surface area contributed by atoms with Gasteiger partial charge in [-0.15, -0.1) is 4.72 Å². The molecule has 2 aromatic heterocycles. The molecule has 0 saturated carbocycles. The van der Waals surface area contributed by atoms with Crippen molar-refractivity contribution in [2.75, 3.05) is 6.61 Å². The Labute approximate surface area is 237 Å². The number of benzene rings is 2. The van der Waals surface area contributed by atoms with Crippen LogP contribution in [0, 0.1) is 5.82 Å². The van der Waals surface area contributed by atoms with E-state index in [1.54, 1.807) is 19.3 Å². The number of aryl methyl sites for hydroxylation is 1. The van der Waals surface area contributed by atoms with Crippen molar-refractivity contribution >= 4 is 28.3 Å². The summed E-state index contributed by atoms with van der Waals surface area (Å²) >= 11 is -1.37. The third-order valence-corrected chi connectivity index (χ3v) is 7.88. The molecule has 4 aromatic rings. The normalized spacial score (nSPS) is 12.5. The lowest BCUT2D eigenvalue weighted by atomic mass is 10.00. The Morgan fingerprint density at radius 3 is 2.62 bits per heavy atom. The minimum atomic E-state index is -1.37. The number of ether oxygens (including phenoxy) is 2. The fourth-order valence-corrected chi connectivity index (χ4v) is 4.92. The summed E-state index contributed by atoms with van der Waals surface area (Å²) < 4.78 is 47.6. The number of esters is 1. The van der Waals surface area contributed by atoms with Gasteiger partial charge in [0.25, 0.3) is 0 Å². The molecule has 1 atom stereocenters. The number of hydrogen-bond donors (Lipinski definition) is 1. The summed E-state index contributed by atoms with van der Waals surface area (Å²) in [5.74, 6) is -0.218. The summed E-state index contributed by atoms with van der Waals surface area (Å²) in [4.78, 5) is 16.3. The molecule has 0 spiro atoms. The summed E-state index contributed by atoms with van der Waals surface area (Å²) in [5, 5.41) is 0.801. The highest BCUT2D eigenvalue weighted by atomic mass is 32.2. The summed E-state index contributed by atoms with van der Waals surface area (Å²) in [7, 11) is 0. The molecular formula is C31H35FN2O5S. The van der Waals surface area contributed by atoms with Gasteiger partial charge in [-0.3, -0.25) is 9.78 Å². The Morgan fingerprint density at radius 1 is 1.10 bits per heavy atom. The van der Waals surface area contributed by atoms with Crippen LogP contribution in [-0.2, 0) is 46.9 Å². The van der Waals surface area contributed by atoms with Gasteiger partial charge in [0.15, 0.2) is 5.82 Å². The molecule has 0 radical (unpaired) electrons. The van der Waals surface area contributed by atoms with E-state index in [1.807, 2.05) is 57.2 Å². The molecular weight excluding hydrogens is 531 g/mol. The lowest BCUT2D eigenvalue weighted by Crippen LogP contribution is -2.39. The van der Waals surface area contributed by atoms with Gasteiger partial charge >= 0.3 is 5.97 Å². The number of carbonyl (C=O) groups is 1. The monoisotopic (exact) mass is 566 g/mol. The zero-order valence-electron chi connectivity index (χ0n) is 23.5. The van der Waals surface area contributed by atoms with Crippen molar-refractivity contribution in [3.63, 3.8) is 0 Å². The minimum Gasteiger partial charge on any atom is -0.598 e. The van der Waals surface area contributed by atoms with E-state index < -0.39 is 21.9 Å². The zero-order valence-corrected chi connectivity index (χ0v) is 24.3. The molecule has 4 rings (SSSR count). The van der Waals surface area contributed by atoms with Gasteiger partial charge in [0.1, 0.15) is 22.7 Å². The topological polar surface area (TPSA) is 96.7 Å². The highest BCUT2D eigenvalue weighted by Gasteiger charge is 2.27. The van der Waals surface area contributed by atoms with Crippen LogP contribution in [0.4, 0.5) is 4.39 Å². The molecule has 0 unspecified atom stereocenters. The molecule has 0 saturated heterocycles. The highest BCUT2D eigenvalue weighted by molar-refractivity contribution is 7.90. The van der Waals surface area contributed by atoms with E-state index in [9.17, 15) is 9.35 Å². The van der Waals surface area contributed by atoms with Gasteiger partial charge in [-0.2, -0.15) is 0 Å². The summed E-state index contributed by atoms with van der Waals surface area (Å²) in [6.07, 6.45) is 4.03. The van der Waals surface area contributed by atoms with Crippen molar-refractivity contribution in [3.05, 3.63) is 83.1 Å². The van der Waals surface area contributed by atoms with E-state index in [2.05, 4.69) is 16.6 Å². The fourth-order valence-electron chi connectivity index (χ4n) is 4.22. The van der Waals surface area contributed by atoms with E-state index in [4.69, 9.17) is 13.9 Å². The van der Waals surface area contributed by atoms with Crippen LogP contribution in [0.1, 0.15) is 57.0 Å². The van der Waals surface area contributed by atoms with Crippen molar-refractivity contribution in [1.82, 2.24) is 9.71 Å². The lowest BCUT2D eigenvalue weighted by molar-refractivity contribution is -0.142. The second kappa shape index (κ2) is 12.8. The van der Waals surface area contributed by atoms with Crippen LogP contribution in [0.25, 0.3) is 22.1 Å². The highest BCUT2D eigenvalue weighted by Crippen LogP contribution is 2.34. The average molecular weight is 567 g/mol. The Hall–Kier alpha value is -3.40. The number of nitrogens with zero attached hydrogens (tertiary/aromatic N) is 1. The molecule has 0 aliphatic heterocycles. The summed E-state index contributed by atoms with van der Waals surface area (Å²) in [6, 6.07) is 13.0. The third-order valence-electron chi connectivity index (χ3n) is 6.36. The number of pyridine rings is 1. The van der Waals surface area contributed by atoms with Gasteiger partial charge in [-0.1, -0.05) is 19.1 Å². The number of carbonyl (C=O) groups excluding carboxylic acids is 1. The first-order valence-electron chi connectivity index (χ1n) is 13.3. The van der Waals surface area contributed by atoms with E-state index in [-0.39, 0.29) is 31.2 Å². The number of hydrogen-bond acceptors (Lipinski definition) is 7. The van der Waals surface area contributed by atoms with Crippen molar-refractivity contribution in [3.8, 4) is 16.9 Å². The maximum absolute atomic E-state index is 15.7. The number of nitrogens with one attached hydrogen (secondary N) is 1. The molecule has 0 fully saturated rings.